The monoisotopic (exact) mass is 255 g/mol. The van der Waals surface area contributed by atoms with Gasteiger partial charge in [-0.1, -0.05) is 18.2 Å². The summed E-state index contributed by atoms with van der Waals surface area (Å²) >= 11 is 0. The number of hydrogen-bond donors (Lipinski definition) is 1. The first-order chi connectivity index (χ1) is 9.33. The minimum atomic E-state index is 0.513. The van der Waals surface area contributed by atoms with Crippen LogP contribution in [0.4, 0.5) is 5.82 Å². The molecule has 0 saturated heterocycles. The van der Waals surface area contributed by atoms with Gasteiger partial charge in [0.25, 0.3) is 0 Å². The zero-order valence-corrected chi connectivity index (χ0v) is 10.4. The standard InChI is InChI=1S/C12H13N7/c1-18-8-7-11(15-18)13-9-12-14-16-17-19(12)10-5-3-2-4-6-10/h2-8H,9H2,1H3,(H,13,15). The number of tetrazole rings is 1. The van der Waals surface area contributed by atoms with Crippen LogP contribution in [0.1, 0.15) is 5.82 Å². The van der Waals surface area contributed by atoms with Crippen molar-refractivity contribution < 1.29 is 0 Å². The molecule has 2 aromatic heterocycles. The zero-order chi connectivity index (χ0) is 13.1. The maximum Gasteiger partial charge on any atom is 0.175 e. The van der Waals surface area contributed by atoms with Gasteiger partial charge in [-0.25, -0.2) is 0 Å². The molecule has 2 heterocycles. The van der Waals surface area contributed by atoms with Crippen LogP contribution in [0.15, 0.2) is 42.6 Å². The van der Waals surface area contributed by atoms with Crippen molar-refractivity contribution in [2.75, 3.05) is 5.32 Å². The molecule has 19 heavy (non-hydrogen) atoms. The number of aromatic nitrogens is 6. The van der Waals surface area contributed by atoms with Crippen LogP contribution in [0.3, 0.4) is 0 Å². The number of benzene rings is 1. The van der Waals surface area contributed by atoms with Crippen molar-refractivity contribution >= 4 is 5.82 Å². The summed E-state index contributed by atoms with van der Waals surface area (Å²) in [4.78, 5) is 0. The highest BCUT2D eigenvalue weighted by molar-refractivity contribution is 5.34. The van der Waals surface area contributed by atoms with Gasteiger partial charge in [-0.15, -0.1) is 5.10 Å². The first kappa shape index (κ1) is 11.4. The molecule has 7 heteroatoms. The third-order valence-corrected chi connectivity index (χ3v) is 2.68. The van der Waals surface area contributed by atoms with Gasteiger partial charge < -0.3 is 5.32 Å². The van der Waals surface area contributed by atoms with E-state index in [1.807, 2.05) is 49.6 Å². The maximum atomic E-state index is 4.24. The summed E-state index contributed by atoms with van der Waals surface area (Å²) in [6, 6.07) is 11.7. The van der Waals surface area contributed by atoms with E-state index >= 15 is 0 Å². The summed E-state index contributed by atoms with van der Waals surface area (Å²) in [5.41, 5.74) is 0.935. The highest BCUT2D eigenvalue weighted by Gasteiger charge is 2.07. The number of anilines is 1. The Labute approximate surface area is 109 Å². The second kappa shape index (κ2) is 4.89. The van der Waals surface area contributed by atoms with E-state index in [1.165, 1.54) is 0 Å². The first-order valence-corrected chi connectivity index (χ1v) is 5.89. The molecule has 3 rings (SSSR count). The molecule has 0 atom stereocenters. The van der Waals surface area contributed by atoms with Crippen molar-refractivity contribution in [3.8, 4) is 5.69 Å². The van der Waals surface area contributed by atoms with E-state index in [4.69, 9.17) is 0 Å². The van der Waals surface area contributed by atoms with Gasteiger partial charge in [0.2, 0.25) is 0 Å². The van der Waals surface area contributed by atoms with Crippen molar-refractivity contribution in [3.63, 3.8) is 0 Å². The van der Waals surface area contributed by atoms with Crippen LogP contribution in [-0.2, 0) is 13.6 Å². The summed E-state index contributed by atoms with van der Waals surface area (Å²) in [5, 5.41) is 19.1. The van der Waals surface area contributed by atoms with Crippen LogP contribution in [0.5, 0.6) is 0 Å². The molecule has 7 nitrogen and oxygen atoms in total. The highest BCUT2D eigenvalue weighted by Crippen LogP contribution is 2.08. The van der Waals surface area contributed by atoms with E-state index in [0.29, 0.717) is 6.54 Å². The van der Waals surface area contributed by atoms with E-state index in [9.17, 15) is 0 Å². The van der Waals surface area contributed by atoms with Gasteiger partial charge in [0.1, 0.15) is 5.82 Å². The lowest BCUT2D eigenvalue weighted by atomic mass is 10.3. The molecule has 0 aliphatic heterocycles. The summed E-state index contributed by atoms with van der Waals surface area (Å²) in [7, 11) is 1.87. The van der Waals surface area contributed by atoms with Gasteiger partial charge in [0.15, 0.2) is 5.82 Å². The Hall–Kier alpha value is -2.70. The number of rotatable bonds is 4. The third kappa shape index (κ3) is 2.44. The smallest absolute Gasteiger partial charge is 0.175 e. The Morgan fingerprint density at radius 3 is 2.74 bits per heavy atom. The third-order valence-electron chi connectivity index (χ3n) is 2.68. The van der Waals surface area contributed by atoms with Crippen molar-refractivity contribution in [1.82, 2.24) is 30.0 Å². The van der Waals surface area contributed by atoms with Crippen molar-refractivity contribution in [2.24, 2.45) is 7.05 Å². The summed E-state index contributed by atoms with van der Waals surface area (Å²) < 4.78 is 3.44. The van der Waals surface area contributed by atoms with Gasteiger partial charge in [-0.3, -0.25) is 4.68 Å². The van der Waals surface area contributed by atoms with Gasteiger partial charge in [0, 0.05) is 19.3 Å². The van der Waals surface area contributed by atoms with Gasteiger partial charge >= 0.3 is 0 Å². The minimum Gasteiger partial charge on any atom is -0.361 e. The molecule has 96 valence electrons. The molecule has 0 aliphatic rings. The van der Waals surface area contributed by atoms with Crippen molar-refractivity contribution in [1.29, 1.82) is 0 Å². The molecule has 0 fully saturated rings. The Kier molecular flexibility index (Phi) is 2.93. The molecular formula is C12H13N7. The topological polar surface area (TPSA) is 73.5 Å². The first-order valence-electron chi connectivity index (χ1n) is 5.89. The normalized spacial score (nSPS) is 10.6. The molecular weight excluding hydrogens is 242 g/mol. The number of nitrogens with zero attached hydrogens (tertiary/aromatic N) is 6. The van der Waals surface area contributed by atoms with E-state index in [2.05, 4.69) is 25.9 Å². The minimum absolute atomic E-state index is 0.513. The largest absolute Gasteiger partial charge is 0.361 e. The summed E-state index contributed by atoms with van der Waals surface area (Å²) in [6.07, 6.45) is 1.88. The number of nitrogens with one attached hydrogen (secondary N) is 1. The molecule has 1 aromatic carbocycles. The number of para-hydroxylation sites is 1. The van der Waals surface area contributed by atoms with Crippen LogP contribution in [-0.4, -0.2) is 30.0 Å². The molecule has 1 N–H and O–H groups in total. The van der Waals surface area contributed by atoms with Crippen LogP contribution < -0.4 is 5.32 Å². The Morgan fingerprint density at radius 2 is 2.00 bits per heavy atom. The quantitative estimate of drug-likeness (QED) is 0.753. The van der Waals surface area contributed by atoms with Gasteiger partial charge in [-0.2, -0.15) is 9.78 Å². The average molecular weight is 255 g/mol. The van der Waals surface area contributed by atoms with Crippen molar-refractivity contribution in [2.45, 2.75) is 6.54 Å². The Balaban J connectivity index is 1.77. The lowest BCUT2D eigenvalue weighted by molar-refractivity contribution is 0.756. The lowest BCUT2D eigenvalue weighted by Crippen LogP contribution is -2.09. The van der Waals surface area contributed by atoms with Crippen LogP contribution in [0.25, 0.3) is 5.69 Å². The molecule has 0 spiro atoms. The van der Waals surface area contributed by atoms with Gasteiger partial charge in [0.05, 0.1) is 12.2 Å². The van der Waals surface area contributed by atoms with E-state index < -0.39 is 0 Å². The molecule has 0 saturated carbocycles. The fraction of sp³-hybridized carbons (Fsp3) is 0.167. The number of hydrogen-bond acceptors (Lipinski definition) is 5. The highest BCUT2D eigenvalue weighted by atomic mass is 15.5. The van der Waals surface area contributed by atoms with E-state index in [1.54, 1.807) is 9.36 Å². The average Bonchev–Trinajstić information content (AvgIpc) is 3.06. The fourth-order valence-corrected chi connectivity index (χ4v) is 1.76. The maximum absolute atomic E-state index is 4.24. The second-order valence-corrected chi connectivity index (χ2v) is 4.07. The van der Waals surface area contributed by atoms with Crippen LogP contribution in [0.2, 0.25) is 0 Å². The Morgan fingerprint density at radius 1 is 1.16 bits per heavy atom. The molecule has 0 aliphatic carbocycles. The second-order valence-electron chi connectivity index (χ2n) is 4.07. The summed E-state index contributed by atoms with van der Waals surface area (Å²) in [6.45, 7) is 0.513. The van der Waals surface area contributed by atoms with Gasteiger partial charge in [-0.05, 0) is 22.6 Å². The SMILES string of the molecule is Cn1ccc(NCc2nnnn2-c2ccccc2)n1. The van der Waals surface area contributed by atoms with E-state index in [0.717, 1.165) is 17.3 Å². The lowest BCUT2D eigenvalue weighted by Gasteiger charge is -2.04. The molecule has 0 unspecified atom stereocenters. The van der Waals surface area contributed by atoms with Crippen LogP contribution >= 0.6 is 0 Å². The Bertz CT molecular complexity index is 656. The predicted octanol–water partition coefficient (Wildman–Crippen LogP) is 1.01. The van der Waals surface area contributed by atoms with E-state index in [-0.39, 0.29) is 0 Å². The zero-order valence-electron chi connectivity index (χ0n) is 10.4. The number of aryl methyl sites for hydroxylation is 1. The predicted molar refractivity (Wildman–Crippen MR) is 69.7 cm³/mol. The molecule has 0 radical (unpaired) electrons. The molecule has 3 aromatic rings. The fourth-order valence-electron chi connectivity index (χ4n) is 1.76. The molecule has 0 bridgehead atoms. The summed E-state index contributed by atoms with van der Waals surface area (Å²) in [5.74, 6) is 1.53. The van der Waals surface area contributed by atoms with Crippen LogP contribution in [0, 0.1) is 0 Å². The van der Waals surface area contributed by atoms with Crippen molar-refractivity contribution in [3.05, 3.63) is 48.4 Å². The molecule has 0 amide bonds.